The van der Waals surface area contributed by atoms with Crippen LogP contribution in [0.5, 0.6) is 5.75 Å². The van der Waals surface area contributed by atoms with Crippen molar-refractivity contribution in [2.45, 2.75) is 31.5 Å². The van der Waals surface area contributed by atoms with Gasteiger partial charge in [-0.15, -0.1) is 11.3 Å². The normalized spacial score (nSPS) is 17.0. The number of anilines is 3. The second-order valence-electron chi connectivity index (χ2n) is 18.2. The van der Waals surface area contributed by atoms with Gasteiger partial charge in [0, 0.05) is 93.4 Å². The van der Waals surface area contributed by atoms with E-state index < -0.39 is 47.4 Å². The van der Waals surface area contributed by atoms with Crippen LogP contribution in [0.15, 0.2) is 90.4 Å². The van der Waals surface area contributed by atoms with E-state index in [4.69, 9.17) is 28.4 Å². The van der Waals surface area contributed by atoms with Gasteiger partial charge in [0.15, 0.2) is 11.9 Å². The minimum Gasteiger partial charge on any atom is -0.467 e. The molecule has 2 fully saturated rings. The number of imide groups is 2. The van der Waals surface area contributed by atoms with Crippen molar-refractivity contribution in [3.8, 4) is 16.9 Å². The Labute approximate surface area is 442 Å². The zero-order valence-electron chi connectivity index (χ0n) is 42.0. The molecular formula is C54H59FN8O12S. The highest BCUT2D eigenvalue weighted by Gasteiger charge is 2.46. The molecule has 4 aliphatic rings. The summed E-state index contributed by atoms with van der Waals surface area (Å²) >= 11 is 1.23. The number of fused-ring (bicyclic) bond motifs is 2. The van der Waals surface area contributed by atoms with Crippen molar-refractivity contribution in [2.75, 3.05) is 122 Å². The van der Waals surface area contributed by atoms with E-state index in [0.717, 1.165) is 60.0 Å². The molecule has 2 unspecified atom stereocenters. The van der Waals surface area contributed by atoms with Gasteiger partial charge in [-0.05, 0) is 71.6 Å². The first kappa shape index (κ1) is 53.6. The molecule has 400 valence electrons. The molecule has 1 aromatic heterocycles. The summed E-state index contributed by atoms with van der Waals surface area (Å²) in [4.78, 5) is 89.7. The molecule has 4 aliphatic heterocycles. The Bertz CT molecular complexity index is 2890. The highest BCUT2D eigenvalue weighted by Crippen LogP contribution is 2.39. The summed E-state index contributed by atoms with van der Waals surface area (Å²) in [5.74, 6) is -3.48. The molecule has 9 rings (SSSR count). The number of nitrogens with zero attached hydrogens (tertiary/aromatic N) is 5. The lowest BCUT2D eigenvalue weighted by Crippen LogP contribution is -2.54. The highest BCUT2D eigenvalue weighted by molar-refractivity contribution is 7.13. The van der Waals surface area contributed by atoms with E-state index in [1.165, 1.54) is 41.5 Å². The summed E-state index contributed by atoms with van der Waals surface area (Å²) in [5.41, 5.74) is 5.18. The highest BCUT2D eigenvalue weighted by atomic mass is 32.1. The molecule has 0 saturated carbocycles. The third kappa shape index (κ3) is 12.7. The summed E-state index contributed by atoms with van der Waals surface area (Å²) in [5, 5.41) is 10.2. The molecule has 0 aliphatic carbocycles. The summed E-state index contributed by atoms with van der Waals surface area (Å²) in [6.07, 6.45) is 1.71. The summed E-state index contributed by atoms with van der Waals surface area (Å²) in [7, 11) is 1.46. The van der Waals surface area contributed by atoms with Gasteiger partial charge >= 0.3 is 0 Å². The number of methoxy groups -OCH3 is 1. The number of amides is 6. The van der Waals surface area contributed by atoms with Crippen molar-refractivity contribution in [1.29, 1.82) is 0 Å². The SMILES string of the molecule is COCOc1ccc(F)cc1C(C(=O)Nc1nccs1)N1Cc2ccc(-c3ccc(N4CCN(CCOCCOCCOCCOCCNc5cccc6c5C(=O)N(C5CCC(=O)NC5=O)C6=O)CC4)cc3)cc2C1=O. The number of aromatic nitrogens is 1. The number of hydrogen-bond donors (Lipinski definition) is 3. The van der Waals surface area contributed by atoms with E-state index in [1.807, 2.05) is 30.3 Å². The minimum atomic E-state index is -1.23. The molecular weight excluding hydrogens is 1000 g/mol. The van der Waals surface area contributed by atoms with E-state index in [2.05, 4.69) is 42.9 Å². The van der Waals surface area contributed by atoms with Crippen molar-refractivity contribution < 1.29 is 61.6 Å². The first-order valence-corrected chi connectivity index (χ1v) is 26.0. The second kappa shape index (κ2) is 25.6. The fourth-order valence-corrected chi connectivity index (χ4v) is 10.1. The van der Waals surface area contributed by atoms with Gasteiger partial charge in [-0.3, -0.25) is 49.2 Å². The fourth-order valence-electron chi connectivity index (χ4n) is 9.58. The number of rotatable bonds is 26. The van der Waals surface area contributed by atoms with Crippen molar-refractivity contribution in [3.05, 3.63) is 124 Å². The van der Waals surface area contributed by atoms with Gasteiger partial charge in [0.05, 0.1) is 64.0 Å². The minimum absolute atomic E-state index is 0.0553. The number of thiazole rings is 1. The first-order valence-electron chi connectivity index (χ1n) is 25.1. The molecule has 2 atom stereocenters. The average molecular weight is 1060 g/mol. The number of piperidine rings is 1. The van der Waals surface area contributed by atoms with Crippen LogP contribution in [0.1, 0.15) is 61.1 Å². The summed E-state index contributed by atoms with van der Waals surface area (Å²) < 4.78 is 48.4. The number of carbonyl (C=O) groups excluding carboxylic acids is 6. The molecule has 6 amide bonds. The lowest BCUT2D eigenvalue weighted by molar-refractivity contribution is -0.136. The van der Waals surface area contributed by atoms with E-state index in [9.17, 15) is 33.2 Å². The summed E-state index contributed by atoms with van der Waals surface area (Å²) in [6, 6.07) is 20.5. The zero-order chi connectivity index (χ0) is 53.0. The molecule has 22 heteroatoms. The van der Waals surface area contributed by atoms with Gasteiger partial charge in [0.2, 0.25) is 11.8 Å². The number of halogens is 1. The van der Waals surface area contributed by atoms with Crippen molar-refractivity contribution in [1.82, 2.24) is 25.0 Å². The maximum atomic E-state index is 14.8. The van der Waals surface area contributed by atoms with E-state index in [-0.39, 0.29) is 54.5 Å². The molecule has 5 heterocycles. The second-order valence-corrected chi connectivity index (χ2v) is 19.1. The predicted molar refractivity (Wildman–Crippen MR) is 278 cm³/mol. The van der Waals surface area contributed by atoms with Crippen LogP contribution in [0, 0.1) is 5.82 Å². The molecule has 0 radical (unpaired) electrons. The van der Waals surface area contributed by atoms with Crippen LogP contribution < -0.4 is 25.6 Å². The van der Waals surface area contributed by atoms with Crippen LogP contribution in [-0.2, 0) is 44.6 Å². The van der Waals surface area contributed by atoms with Crippen molar-refractivity contribution in [2.24, 2.45) is 0 Å². The van der Waals surface area contributed by atoms with Crippen LogP contribution in [-0.4, -0.2) is 167 Å². The van der Waals surface area contributed by atoms with Crippen LogP contribution in [0.3, 0.4) is 0 Å². The summed E-state index contributed by atoms with van der Waals surface area (Å²) in [6.45, 7) is 8.12. The Morgan fingerprint density at radius 3 is 2.24 bits per heavy atom. The van der Waals surface area contributed by atoms with E-state index >= 15 is 0 Å². The third-order valence-electron chi connectivity index (χ3n) is 13.4. The first-order chi connectivity index (χ1) is 37.1. The molecule has 0 spiro atoms. The Hall–Kier alpha value is -7.18. The van der Waals surface area contributed by atoms with Gasteiger partial charge in [-0.1, -0.05) is 30.3 Å². The lowest BCUT2D eigenvalue weighted by Gasteiger charge is -2.36. The Kier molecular flexibility index (Phi) is 18.0. The molecule has 20 nitrogen and oxygen atoms in total. The molecule has 4 aromatic carbocycles. The van der Waals surface area contributed by atoms with E-state index in [0.29, 0.717) is 75.8 Å². The number of benzene rings is 4. The van der Waals surface area contributed by atoms with Crippen molar-refractivity contribution >= 4 is 63.3 Å². The van der Waals surface area contributed by atoms with Crippen LogP contribution >= 0.6 is 11.3 Å². The maximum Gasteiger partial charge on any atom is 0.264 e. The Morgan fingerprint density at radius 2 is 1.53 bits per heavy atom. The van der Waals surface area contributed by atoms with Crippen LogP contribution in [0.4, 0.5) is 20.9 Å². The molecule has 2 saturated heterocycles. The van der Waals surface area contributed by atoms with Gasteiger partial charge in [0.1, 0.15) is 23.7 Å². The van der Waals surface area contributed by atoms with Gasteiger partial charge in [-0.25, -0.2) is 9.37 Å². The third-order valence-corrected chi connectivity index (χ3v) is 14.1. The van der Waals surface area contributed by atoms with Crippen molar-refractivity contribution in [3.63, 3.8) is 0 Å². The molecule has 3 N–H and O–H groups in total. The molecule has 76 heavy (non-hydrogen) atoms. The largest absolute Gasteiger partial charge is 0.467 e. The quantitative estimate of drug-likeness (QED) is 0.0378. The number of carbonyl (C=O) groups is 6. The maximum absolute atomic E-state index is 14.8. The van der Waals surface area contributed by atoms with Gasteiger partial charge < -0.3 is 43.5 Å². The lowest BCUT2D eigenvalue weighted by atomic mass is 10.00. The van der Waals surface area contributed by atoms with Crippen LogP contribution in [0.2, 0.25) is 0 Å². The number of nitrogens with one attached hydrogen (secondary N) is 3. The monoisotopic (exact) mass is 1060 g/mol. The van der Waals surface area contributed by atoms with Gasteiger partial charge in [0.25, 0.3) is 23.6 Å². The number of piperazine rings is 1. The molecule has 5 aromatic rings. The number of ether oxygens (including phenoxy) is 6. The standard InChI is InChI=1S/C54H59FN8O12S/c1-70-34-75-45-13-9-38(55)32-42(45)48(50(66)59-54-57-16-30-76-54)62-33-37-6-5-36(31-41(37)51(62)67)35-7-10-39(11-8-35)61-19-17-60(18-20-61)21-23-72-25-27-74-29-28-73-26-24-71-22-15-56-43-4-2-3-40-47(43)53(69)63(52(40)68)44-12-14-46(64)58-49(44)65/h2-11,13,16,30-32,44,48,56H,12,14-15,17-29,33-34H2,1H3,(H,57,59,66)(H,58,64,65). The zero-order valence-corrected chi connectivity index (χ0v) is 42.8. The topological polar surface area (TPSA) is 220 Å². The Balaban J connectivity index is 0.635. The Morgan fingerprint density at radius 1 is 0.803 bits per heavy atom. The average Bonchev–Trinajstić information content (AvgIpc) is 4.13. The predicted octanol–water partition coefficient (Wildman–Crippen LogP) is 4.97. The number of hydrogen-bond acceptors (Lipinski definition) is 17. The fraction of sp³-hybridized carbons (Fsp3) is 0.389. The van der Waals surface area contributed by atoms with Gasteiger partial charge in [-0.2, -0.15) is 0 Å². The van der Waals surface area contributed by atoms with E-state index in [1.54, 1.807) is 29.8 Å². The molecule has 0 bridgehead atoms. The smallest absolute Gasteiger partial charge is 0.264 e. The van der Waals surface area contributed by atoms with Crippen LogP contribution in [0.25, 0.3) is 11.1 Å².